The number of aromatic nitrogens is 3. The predicted octanol–water partition coefficient (Wildman–Crippen LogP) is 4.86. The fourth-order valence-electron chi connectivity index (χ4n) is 3.52. The third kappa shape index (κ3) is 3.04. The van der Waals surface area contributed by atoms with E-state index < -0.39 is 0 Å². The van der Waals surface area contributed by atoms with Gasteiger partial charge in [-0.3, -0.25) is 0 Å². The maximum absolute atomic E-state index is 4.45. The molecule has 4 nitrogen and oxygen atoms in total. The second-order valence-electron chi connectivity index (χ2n) is 7.21. The standard InChI is InChI=1S/C21H24N4/c1-14(2)16-8-10-17(11-9-16)19-12-20(18-6-4-15(3)5-7-18)25-21(24-19)22-13-23-25/h4-11,13-14,19-20H,12H2,1-3H3,(H,22,23,24)/t19-,20-/m1/s1. The molecule has 4 heteroatoms. The number of hydrogen-bond acceptors (Lipinski definition) is 3. The SMILES string of the molecule is Cc1ccc([C@H]2C[C@H](c3ccc(C(C)C)cc3)Nc3ncnn32)cc1. The van der Waals surface area contributed by atoms with Crippen molar-refractivity contribution < 1.29 is 0 Å². The smallest absolute Gasteiger partial charge is 0.222 e. The Morgan fingerprint density at radius 1 is 1.00 bits per heavy atom. The zero-order valence-electron chi connectivity index (χ0n) is 15.0. The molecule has 2 aromatic carbocycles. The van der Waals surface area contributed by atoms with Gasteiger partial charge in [0.05, 0.1) is 12.1 Å². The molecule has 1 N–H and O–H groups in total. The molecule has 0 saturated heterocycles. The summed E-state index contributed by atoms with van der Waals surface area (Å²) in [6, 6.07) is 18.1. The Morgan fingerprint density at radius 2 is 1.68 bits per heavy atom. The lowest BCUT2D eigenvalue weighted by Gasteiger charge is -2.32. The molecule has 25 heavy (non-hydrogen) atoms. The van der Waals surface area contributed by atoms with Crippen LogP contribution in [0.1, 0.15) is 60.5 Å². The lowest BCUT2D eigenvalue weighted by molar-refractivity contribution is 0.431. The number of hydrogen-bond donors (Lipinski definition) is 1. The molecule has 3 aromatic rings. The van der Waals surface area contributed by atoms with Crippen molar-refractivity contribution in [2.75, 3.05) is 5.32 Å². The Balaban J connectivity index is 1.67. The molecule has 0 radical (unpaired) electrons. The number of rotatable bonds is 3. The first kappa shape index (κ1) is 15.9. The summed E-state index contributed by atoms with van der Waals surface area (Å²) in [6.45, 7) is 6.57. The van der Waals surface area contributed by atoms with Crippen molar-refractivity contribution in [2.24, 2.45) is 0 Å². The molecule has 0 aliphatic carbocycles. The number of nitrogens with zero attached hydrogens (tertiary/aromatic N) is 3. The highest BCUT2D eigenvalue weighted by Gasteiger charge is 2.29. The molecule has 128 valence electrons. The largest absolute Gasteiger partial charge is 0.348 e. The highest BCUT2D eigenvalue weighted by molar-refractivity contribution is 5.39. The summed E-state index contributed by atoms with van der Waals surface area (Å²) in [6.07, 6.45) is 2.59. The van der Waals surface area contributed by atoms with Crippen molar-refractivity contribution in [2.45, 2.75) is 45.2 Å². The van der Waals surface area contributed by atoms with Gasteiger partial charge in [0.1, 0.15) is 6.33 Å². The van der Waals surface area contributed by atoms with Crippen LogP contribution in [-0.4, -0.2) is 14.8 Å². The summed E-state index contributed by atoms with van der Waals surface area (Å²) in [4.78, 5) is 4.41. The fourth-order valence-corrected chi connectivity index (χ4v) is 3.52. The molecule has 1 aliphatic rings. The highest BCUT2D eigenvalue weighted by Crippen LogP contribution is 2.37. The minimum absolute atomic E-state index is 0.203. The average Bonchev–Trinajstić information content (AvgIpc) is 3.10. The molecule has 0 unspecified atom stereocenters. The first-order chi connectivity index (χ1) is 12.1. The van der Waals surface area contributed by atoms with E-state index in [1.54, 1.807) is 6.33 Å². The first-order valence-electron chi connectivity index (χ1n) is 8.94. The van der Waals surface area contributed by atoms with Gasteiger partial charge < -0.3 is 5.32 Å². The number of nitrogens with one attached hydrogen (secondary N) is 1. The van der Waals surface area contributed by atoms with Crippen LogP contribution in [0.15, 0.2) is 54.9 Å². The molecule has 0 amide bonds. The number of aryl methyl sites for hydroxylation is 1. The average molecular weight is 332 g/mol. The first-order valence-corrected chi connectivity index (χ1v) is 8.94. The van der Waals surface area contributed by atoms with Crippen LogP contribution in [0.2, 0.25) is 0 Å². The molecule has 0 bridgehead atoms. The van der Waals surface area contributed by atoms with Crippen LogP contribution in [0.5, 0.6) is 0 Å². The quantitative estimate of drug-likeness (QED) is 0.745. The highest BCUT2D eigenvalue weighted by atomic mass is 15.4. The van der Waals surface area contributed by atoms with Gasteiger partial charge in [0, 0.05) is 0 Å². The summed E-state index contributed by atoms with van der Waals surface area (Å²) in [5.41, 5.74) is 5.23. The van der Waals surface area contributed by atoms with Crippen molar-refractivity contribution in [3.8, 4) is 0 Å². The normalized spacial score (nSPS) is 19.5. The predicted molar refractivity (Wildman–Crippen MR) is 101 cm³/mol. The summed E-state index contributed by atoms with van der Waals surface area (Å²) in [5.74, 6) is 1.39. The Kier molecular flexibility index (Phi) is 4.04. The van der Waals surface area contributed by atoms with Crippen molar-refractivity contribution >= 4 is 5.95 Å². The van der Waals surface area contributed by atoms with Gasteiger partial charge in [-0.2, -0.15) is 10.1 Å². The van der Waals surface area contributed by atoms with Gasteiger partial charge in [0.25, 0.3) is 0 Å². The van der Waals surface area contributed by atoms with Gasteiger partial charge in [0.2, 0.25) is 5.95 Å². The van der Waals surface area contributed by atoms with Crippen LogP contribution >= 0.6 is 0 Å². The Morgan fingerprint density at radius 3 is 2.36 bits per heavy atom. The third-order valence-corrected chi connectivity index (χ3v) is 5.10. The molecule has 0 spiro atoms. The molecule has 4 rings (SSSR count). The third-order valence-electron chi connectivity index (χ3n) is 5.10. The molecule has 2 atom stereocenters. The number of fused-ring (bicyclic) bond motifs is 1. The van der Waals surface area contributed by atoms with Crippen LogP contribution in [-0.2, 0) is 0 Å². The van der Waals surface area contributed by atoms with E-state index in [1.807, 2.05) is 4.68 Å². The van der Waals surface area contributed by atoms with E-state index in [9.17, 15) is 0 Å². The second kappa shape index (κ2) is 6.36. The zero-order chi connectivity index (χ0) is 17.4. The van der Waals surface area contributed by atoms with Crippen molar-refractivity contribution in [3.63, 3.8) is 0 Å². The molecule has 1 aromatic heterocycles. The van der Waals surface area contributed by atoms with Gasteiger partial charge in [-0.1, -0.05) is 67.9 Å². The summed E-state index contributed by atoms with van der Waals surface area (Å²) in [7, 11) is 0. The van der Waals surface area contributed by atoms with Gasteiger partial charge in [-0.25, -0.2) is 4.68 Å². The van der Waals surface area contributed by atoms with Crippen molar-refractivity contribution in [3.05, 3.63) is 77.1 Å². The lowest BCUT2D eigenvalue weighted by atomic mass is 9.91. The van der Waals surface area contributed by atoms with E-state index in [-0.39, 0.29) is 12.1 Å². The number of benzene rings is 2. The minimum atomic E-state index is 0.203. The van der Waals surface area contributed by atoms with Crippen molar-refractivity contribution in [1.82, 2.24) is 14.8 Å². The molecule has 0 fully saturated rings. The van der Waals surface area contributed by atoms with Crippen molar-refractivity contribution in [1.29, 1.82) is 0 Å². The van der Waals surface area contributed by atoms with E-state index in [1.165, 1.54) is 22.3 Å². The minimum Gasteiger partial charge on any atom is -0.348 e. The van der Waals surface area contributed by atoms with Gasteiger partial charge in [-0.05, 0) is 36.0 Å². The molecule has 1 aliphatic heterocycles. The fraction of sp³-hybridized carbons (Fsp3) is 0.333. The van der Waals surface area contributed by atoms with E-state index in [0.717, 1.165) is 12.4 Å². The maximum atomic E-state index is 4.45. The van der Waals surface area contributed by atoms with Crippen LogP contribution in [0.25, 0.3) is 0 Å². The second-order valence-corrected chi connectivity index (χ2v) is 7.21. The molecule has 0 saturated carbocycles. The zero-order valence-corrected chi connectivity index (χ0v) is 15.0. The Hall–Kier alpha value is -2.62. The van der Waals surface area contributed by atoms with Gasteiger partial charge >= 0.3 is 0 Å². The van der Waals surface area contributed by atoms with E-state index in [2.05, 4.69) is 84.7 Å². The number of anilines is 1. The van der Waals surface area contributed by atoms with E-state index in [0.29, 0.717) is 5.92 Å². The molecule has 2 heterocycles. The Labute approximate surface area is 148 Å². The maximum Gasteiger partial charge on any atom is 0.222 e. The summed E-state index contributed by atoms with van der Waals surface area (Å²) in [5, 5.41) is 7.99. The van der Waals surface area contributed by atoms with Crippen LogP contribution < -0.4 is 5.32 Å². The van der Waals surface area contributed by atoms with Crippen LogP contribution in [0.4, 0.5) is 5.95 Å². The summed E-state index contributed by atoms with van der Waals surface area (Å²) < 4.78 is 2.00. The van der Waals surface area contributed by atoms with Crippen LogP contribution in [0.3, 0.4) is 0 Å². The van der Waals surface area contributed by atoms with Crippen LogP contribution in [0, 0.1) is 6.92 Å². The Bertz CT molecular complexity index is 846. The summed E-state index contributed by atoms with van der Waals surface area (Å²) >= 11 is 0. The molecular formula is C21H24N4. The van der Waals surface area contributed by atoms with Gasteiger partial charge in [-0.15, -0.1) is 0 Å². The molecular weight excluding hydrogens is 308 g/mol. The van der Waals surface area contributed by atoms with E-state index in [4.69, 9.17) is 0 Å². The van der Waals surface area contributed by atoms with E-state index >= 15 is 0 Å². The van der Waals surface area contributed by atoms with Gasteiger partial charge in [0.15, 0.2) is 0 Å². The lowest BCUT2D eigenvalue weighted by Crippen LogP contribution is -2.28. The monoisotopic (exact) mass is 332 g/mol. The topological polar surface area (TPSA) is 42.7 Å².